The van der Waals surface area contributed by atoms with Crippen LogP contribution in [-0.4, -0.2) is 45.5 Å². The van der Waals surface area contributed by atoms with Crippen molar-refractivity contribution in [2.24, 2.45) is 0 Å². The summed E-state index contributed by atoms with van der Waals surface area (Å²) in [7, 11) is 0. The molecule has 0 radical (unpaired) electrons. The van der Waals surface area contributed by atoms with E-state index in [1.165, 1.54) is 6.20 Å². The van der Waals surface area contributed by atoms with Crippen LogP contribution in [0.5, 0.6) is 0 Å². The van der Waals surface area contributed by atoms with Crippen molar-refractivity contribution in [3.63, 3.8) is 0 Å². The first kappa shape index (κ1) is 24.8. The number of nitrogens with one attached hydrogen (secondary N) is 2. The predicted molar refractivity (Wildman–Crippen MR) is 141 cm³/mol. The van der Waals surface area contributed by atoms with Gasteiger partial charge in [-0.25, -0.2) is 4.79 Å². The third-order valence-corrected chi connectivity index (χ3v) is 6.42. The molecule has 5 rings (SSSR count). The second-order valence-corrected chi connectivity index (χ2v) is 9.02. The van der Waals surface area contributed by atoms with E-state index >= 15 is 0 Å². The first-order chi connectivity index (χ1) is 18.5. The van der Waals surface area contributed by atoms with Crippen molar-refractivity contribution in [3.8, 4) is 11.1 Å². The van der Waals surface area contributed by atoms with E-state index in [0.717, 1.165) is 27.8 Å². The van der Waals surface area contributed by atoms with E-state index in [-0.39, 0.29) is 12.5 Å². The summed E-state index contributed by atoms with van der Waals surface area (Å²) in [6, 6.07) is 24.2. The summed E-state index contributed by atoms with van der Waals surface area (Å²) in [6.45, 7) is 0.556. The van der Waals surface area contributed by atoms with Crippen LogP contribution in [0.2, 0.25) is 0 Å². The Morgan fingerprint density at radius 1 is 0.921 bits per heavy atom. The molecule has 1 heterocycles. The van der Waals surface area contributed by atoms with Crippen LogP contribution < -0.4 is 10.6 Å². The van der Waals surface area contributed by atoms with Gasteiger partial charge in [-0.05, 0) is 27.8 Å². The summed E-state index contributed by atoms with van der Waals surface area (Å²) < 4.78 is 7.13. The van der Waals surface area contributed by atoms with Gasteiger partial charge in [0.1, 0.15) is 12.6 Å². The zero-order chi connectivity index (χ0) is 26.5. The number of amides is 2. The lowest BCUT2D eigenvalue weighted by Crippen LogP contribution is -2.45. The second-order valence-electron chi connectivity index (χ2n) is 9.02. The van der Waals surface area contributed by atoms with Crippen LogP contribution in [0.25, 0.3) is 11.1 Å². The van der Waals surface area contributed by atoms with Gasteiger partial charge in [-0.3, -0.25) is 14.3 Å². The minimum atomic E-state index is -1.33. The third-order valence-electron chi connectivity index (χ3n) is 6.42. The molecule has 1 atom stereocenters. The number of aliphatic carboxylic acids is 1. The Labute approximate surface area is 219 Å². The molecule has 0 saturated carbocycles. The fourth-order valence-corrected chi connectivity index (χ4v) is 4.68. The largest absolute Gasteiger partial charge is 0.481 e. The molecule has 1 aromatic heterocycles. The minimum Gasteiger partial charge on any atom is -0.481 e. The zero-order valence-electron chi connectivity index (χ0n) is 20.4. The smallest absolute Gasteiger partial charge is 0.407 e. The molecule has 0 saturated heterocycles. The molecule has 0 spiro atoms. The number of benzene rings is 3. The highest BCUT2D eigenvalue weighted by molar-refractivity contribution is 5.98. The number of hydrogen-bond donors (Lipinski definition) is 3. The number of aromatic nitrogens is 2. The average molecular weight is 511 g/mol. The molecule has 1 aliphatic carbocycles. The summed E-state index contributed by atoms with van der Waals surface area (Å²) in [5.41, 5.74) is 5.70. The number of rotatable bonds is 9. The van der Waals surface area contributed by atoms with Gasteiger partial charge in [0, 0.05) is 12.1 Å². The number of anilines is 1. The van der Waals surface area contributed by atoms with Crippen molar-refractivity contribution in [2.75, 3.05) is 11.9 Å². The number of carbonyl (C=O) groups excluding carboxylic acids is 2. The van der Waals surface area contributed by atoms with Gasteiger partial charge in [-0.1, -0.05) is 78.9 Å². The Morgan fingerprint density at radius 3 is 2.21 bits per heavy atom. The predicted octanol–water partition coefficient (Wildman–Crippen LogP) is 4.25. The quantitative estimate of drug-likeness (QED) is 0.309. The maximum absolute atomic E-state index is 12.9. The molecule has 1 unspecified atom stereocenters. The lowest BCUT2D eigenvalue weighted by atomic mass is 9.98. The van der Waals surface area contributed by atoms with Gasteiger partial charge in [0.05, 0.1) is 24.8 Å². The maximum Gasteiger partial charge on any atom is 0.407 e. The van der Waals surface area contributed by atoms with E-state index < -0.39 is 30.4 Å². The molecule has 2 amide bonds. The first-order valence-corrected chi connectivity index (χ1v) is 12.2. The fourth-order valence-electron chi connectivity index (χ4n) is 4.68. The van der Waals surface area contributed by atoms with Gasteiger partial charge in [0.15, 0.2) is 0 Å². The molecule has 0 bridgehead atoms. The van der Waals surface area contributed by atoms with Crippen LogP contribution in [-0.2, 0) is 20.9 Å². The van der Waals surface area contributed by atoms with E-state index in [2.05, 4.69) is 15.7 Å². The van der Waals surface area contributed by atoms with E-state index in [0.29, 0.717) is 12.2 Å². The lowest BCUT2D eigenvalue weighted by molar-refractivity contribution is -0.139. The van der Waals surface area contributed by atoms with E-state index in [1.54, 1.807) is 10.9 Å². The Bertz CT molecular complexity index is 1420. The Morgan fingerprint density at radius 2 is 1.55 bits per heavy atom. The van der Waals surface area contributed by atoms with Gasteiger partial charge >= 0.3 is 12.1 Å². The van der Waals surface area contributed by atoms with Crippen LogP contribution in [0, 0.1) is 0 Å². The number of carboxylic acids is 1. The number of alkyl carbamates (subject to hydrolysis) is 1. The summed E-state index contributed by atoms with van der Waals surface area (Å²) in [5.74, 6) is -2.07. The first-order valence-electron chi connectivity index (χ1n) is 12.2. The number of carbonyl (C=O) groups is 3. The minimum absolute atomic E-state index is 0.0491. The van der Waals surface area contributed by atoms with Crippen LogP contribution in [0.3, 0.4) is 0 Å². The summed E-state index contributed by atoms with van der Waals surface area (Å²) in [5, 5.41) is 18.6. The molecule has 9 nitrogen and oxygen atoms in total. The molecule has 1 aliphatic rings. The zero-order valence-corrected chi connectivity index (χ0v) is 20.4. The van der Waals surface area contributed by atoms with Gasteiger partial charge in [-0.15, -0.1) is 0 Å². The van der Waals surface area contributed by atoms with Gasteiger partial charge in [0.2, 0.25) is 5.91 Å². The molecule has 3 N–H and O–H groups in total. The summed E-state index contributed by atoms with van der Waals surface area (Å²) >= 11 is 0. The van der Waals surface area contributed by atoms with E-state index in [4.69, 9.17) is 4.74 Å². The molecule has 38 heavy (non-hydrogen) atoms. The van der Waals surface area contributed by atoms with Crippen molar-refractivity contribution in [1.29, 1.82) is 0 Å². The highest BCUT2D eigenvalue weighted by Gasteiger charge is 2.30. The Kier molecular flexibility index (Phi) is 7.17. The monoisotopic (exact) mass is 510 g/mol. The third kappa shape index (κ3) is 5.57. The van der Waals surface area contributed by atoms with E-state index in [9.17, 15) is 19.5 Å². The van der Waals surface area contributed by atoms with Crippen molar-refractivity contribution < 1.29 is 24.2 Å². The SMILES string of the molecule is O=C(O)CC(NC(=O)OCC1c2ccccc2-c2ccccc21)C(=O)Nc1cnn(Cc2ccccc2)c1. The van der Waals surface area contributed by atoms with Crippen LogP contribution in [0.4, 0.5) is 10.5 Å². The Balaban J connectivity index is 1.21. The number of nitrogens with zero attached hydrogens (tertiary/aromatic N) is 2. The molecule has 9 heteroatoms. The molecule has 4 aromatic rings. The van der Waals surface area contributed by atoms with E-state index in [1.807, 2.05) is 78.9 Å². The lowest BCUT2D eigenvalue weighted by Gasteiger charge is -2.18. The fraction of sp³-hybridized carbons (Fsp3) is 0.172. The average Bonchev–Trinajstić information content (AvgIpc) is 3.49. The highest BCUT2D eigenvalue weighted by atomic mass is 16.5. The number of ether oxygens (including phenoxy) is 1. The maximum atomic E-state index is 12.9. The van der Waals surface area contributed by atoms with Crippen LogP contribution in [0.15, 0.2) is 91.3 Å². The number of fused-ring (bicyclic) bond motifs is 3. The standard InChI is InChI=1S/C29H26N4O5/c34-27(35)14-26(28(36)31-20-15-30-33(17-20)16-19-8-2-1-3-9-19)32-29(37)38-18-25-23-12-6-4-10-21(23)22-11-5-7-13-24(22)25/h1-13,15,17,25-26H,14,16,18H2,(H,31,36)(H,32,37)(H,34,35). The second kappa shape index (κ2) is 11.0. The molecular formula is C29H26N4O5. The van der Waals surface area contributed by atoms with Gasteiger partial charge in [0.25, 0.3) is 0 Å². The van der Waals surface area contributed by atoms with Gasteiger partial charge < -0.3 is 20.5 Å². The van der Waals surface area contributed by atoms with Crippen LogP contribution >= 0.6 is 0 Å². The van der Waals surface area contributed by atoms with Crippen molar-refractivity contribution in [2.45, 2.75) is 24.9 Å². The van der Waals surface area contributed by atoms with Crippen LogP contribution in [0.1, 0.15) is 29.0 Å². The summed E-state index contributed by atoms with van der Waals surface area (Å²) in [6.07, 6.45) is 1.63. The molecule has 0 fully saturated rings. The normalized spacial score (nSPS) is 12.7. The number of hydrogen-bond acceptors (Lipinski definition) is 5. The van der Waals surface area contributed by atoms with Crippen molar-refractivity contribution >= 4 is 23.7 Å². The molecule has 0 aliphatic heterocycles. The Hall–Kier alpha value is -4.92. The summed E-state index contributed by atoms with van der Waals surface area (Å²) in [4.78, 5) is 36.9. The molecule has 192 valence electrons. The van der Waals surface area contributed by atoms with Crippen molar-refractivity contribution in [3.05, 3.63) is 108 Å². The highest BCUT2D eigenvalue weighted by Crippen LogP contribution is 2.44. The topological polar surface area (TPSA) is 123 Å². The molecule has 3 aromatic carbocycles. The van der Waals surface area contributed by atoms with Gasteiger partial charge in [-0.2, -0.15) is 5.10 Å². The number of carboxylic acid groups (broad SMARTS) is 1. The molecular weight excluding hydrogens is 484 g/mol. The van der Waals surface area contributed by atoms with Crippen molar-refractivity contribution in [1.82, 2.24) is 15.1 Å².